The lowest BCUT2D eigenvalue weighted by atomic mass is 10.1. The van der Waals surface area contributed by atoms with E-state index in [1.165, 1.54) is 4.31 Å². The standard InChI is InChI=1S/C18H16ClNO3S/c1-13-6-9-15(10-7-13)24(22,23)20-14(12-21)8-11-17(19)16-4-2-3-5-18(16)20/h2-7,9-12,14H,8H2,1H3. The van der Waals surface area contributed by atoms with Crippen LogP contribution in [0.25, 0.3) is 5.03 Å². The Balaban J connectivity index is 2.22. The van der Waals surface area contributed by atoms with Crippen molar-refractivity contribution in [3.63, 3.8) is 0 Å². The molecule has 0 amide bonds. The van der Waals surface area contributed by atoms with Gasteiger partial charge in [-0.3, -0.25) is 4.31 Å². The van der Waals surface area contributed by atoms with E-state index in [1.54, 1.807) is 54.6 Å². The number of para-hydroxylation sites is 1. The smallest absolute Gasteiger partial charge is 0.264 e. The van der Waals surface area contributed by atoms with Crippen LogP contribution in [0.2, 0.25) is 0 Å². The van der Waals surface area contributed by atoms with Crippen molar-refractivity contribution in [1.29, 1.82) is 0 Å². The molecular formula is C18H16ClNO3S. The lowest BCUT2D eigenvalue weighted by Gasteiger charge is -2.29. The molecule has 0 N–H and O–H groups in total. The molecule has 1 atom stereocenters. The van der Waals surface area contributed by atoms with Crippen LogP contribution < -0.4 is 4.31 Å². The van der Waals surface area contributed by atoms with Crippen LogP contribution in [0, 0.1) is 6.92 Å². The van der Waals surface area contributed by atoms with Crippen LogP contribution in [-0.2, 0) is 14.8 Å². The summed E-state index contributed by atoms with van der Waals surface area (Å²) in [5, 5.41) is 0.444. The van der Waals surface area contributed by atoms with E-state index in [0.29, 0.717) is 22.6 Å². The average Bonchev–Trinajstić information content (AvgIpc) is 2.72. The fourth-order valence-corrected chi connectivity index (χ4v) is 4.59. The number of carbonyl (C=O) groups is 1. The van der Waals surface area contributed by atoms with E-state index in [2.05, 4.69) is 0 Å². The third-order valence-corrected chi connectivity index (χ3v) is 6.18. The van der Waals surface area contributed by atoms with Gasteiger partial charge < -0.3 is 4.79 Å². The molecule has 0 radical (unpaired) electrons. The number of fused-ring (bicyclic) bond motifs is 1. The minimum atomic E-state index is -3.89. The van der Waals surface area contributed by atoms with E-state index >= 15 is 0 Å². The van der Waals surface area contributed by atoms with Gasteiger partial charge >= 0.3 is 0 Å². The third-order valence-electron chi connectivity index (χ3n) is 3.97. The number of hydrogen-bond donors (Lipinski definition) is 0. The summed E-state index contributed by atoms with van der Waals surface area (Å²) >= 11 is 6.28. The molecule has 0 aliphatic carbocycles. The molecule has 6 heteroatoms. The Hall–Kier alpha value is -2.11. The number of halogens is 1. The van der Waals surface area contributed by atoms with Gasteiger partial charge in [0.15, 0.2) is 0 Å². The Morgan fingerprint density at radius 1 is 1.12 bits per heavy atom. The molecule has 2 aromatic rings. The average molecular weight is 362 g/mol. The molecule has 1 aliphatic rings. The Bertz CT molecular complexity index is 904. The van der Waals surface area contributed by atoms with E-state index < -0.39 is 16.1 Å². The highest BCUT2D eigenvalue weighted by molar-refractivity contribution is 7.93. The second-order valence-corrected chi connectivity index (χ2v) is 7.84. The second kappa shape index (κ2) is 6.42. The zero-order valence-corrected chi connectivity index (χ0v) is 14.6. The number of rotatable bonds is 3. The maximum Gasteiger partial charge on any atom is 0.264 e. The number of hydrogen-bond acceptors (Lipinski definition) is 3. The molecule has 0 saturated carbocycles. The van der Waals surface area contributed by atoms with Gasteiger partial charge in [-0.2, -0.15) is 0 Å². The Kier molecular flexibility index (Phi) is 4.47. The zero-order chi connectivity index (χ0) is 17.3. The first-order valence-corrected chi connectivity index (χ1v) is 9.28. The molecule has 0 fully saturated rings. The lowest BCUT2D eigenvalue weighted by Crippen LogP contribution is -2.41. The minimum Gasteiger partial charge on any atom is -0.301 e. The third kappa shape index (κ3) is 2.85. The minimum absolute atomic E-state index is 0.146. The number of aryl methyl sites for hydroxylation is 1. The van der Waals surface area contributed by atoms with Crippen molar-refractivity contribution < 1.29 is 13.2 Å². The molecule has 0 spiro atoms. The number of carbonyl (C=O) groups excluding carboxylic acids is 1. The summed E-state index contributed by atoms with van der Waals surface area (Å²) in [5.74, 6) is 0. The summed E-state index contributed by atoms with van der Waals surface area (Å²) in [7, 11) is -3.89. The van der Waals surface area contributed by atoms with E-state index in [1.807, 2.05) is 6.92 Å². The highest BCUT2D eigenvalue weighted by Crippen LogP contribution is 2.37. The van der Waals surface area contributed by atoms with Gasteiger partial charge in [0.05, 0.1) is 10.6 Å². The highest BCUT2D eigenvalue weighted by Gasteiger charge is 2.34. The van der Waals surface area contributed by atoms with Gasteiger partial charge in [-0.15, -0.1) is 0 Å². The molecule has 3 rings (SSSR count). The number of nitrogens with zero attached hydrogens (tertiary/aromatic N) is 1. The first-order chi connectivity index (χ1) is 11.4. The van der Waals surface area contributed by atoms with Crippen molar-refractivity contribution in [3.05, 3.63) is 65.7 Å². The van der Waals surface area contributed by atoms with Gasteiger partial charge in [0.1, 0.15) is 12.3 Å². The molecular weight excluding hydrogens is 346 g/mol. The van der Waals surface area contributed by atoms with Crippen LogP contribution in [-0.4, -0.2) is 20.7 Å². The van der Waals surface area contributed by atoms with E-state index in [9.17, 15) is 13.2 Å². The fourth-order valence-electron chi connectivity index (χ4n) is 2.72. The Labute approximate surface area is 146 Å². The van der Waals surface area contributed by atoms with E-state index in [0.717, 1.165) is 5.56 Å². The monoisotopic (exact) mass is 361 g/mol. The van der Waals surface area contributed by atoms with Crippen LogP contribution in [0.15, 0.2) is 59.5 Å². The summed E-state index contributed by atoms with van der Waals surface area (Å²) in [5.41, 5.74) is 1.97. The van der Waals surface area contributed by atoms with Crippen molar-refractivity contribution in [1.82, 2.24) is 0 Å². The maximum absolute atomic E-state index is 13.2. The number of sulfonamides is 1. The molecule has 24 heavy (non-hydrogen) atoms. The summed E-state index contributed by atoms with van der Waals surface area (Å²) in [6.07, 6.45) is 2.56. The number of anilines is 1. The largest absolute Gasteiger partial charge is 0.301 e. The molecule has 0 bridgehead atoms. The quantitative estimate of drug-likeness (QED) is 0.782. The number of benzene rings is 2. The highest BCUT2D eigenvalue weighted by atomic mass is 35.5. The number of aldehydes is 1. The molecule has 2 aromatic carbocycles. The summed E-state index contributed by atoms with van der Waals surface area (Å²) in [6.45, 7) is 1.88. The van der Waals surface area contributed by atoms with Gasteiger partial charge in [0.25, 0.3) is 10.0 Å². The van der Waals surface area contributed by atoms with Crippen LogP contribution >= 0.6 is 11.6 Å². The topological polar surface area (TPSA) is 54.5 Å². The lowest BCUT2D eigenvalue weighted by molar-refractivity contribution is -0.108. The molecule has 4 nitrogen and oxygen atoms in total. The summed E-state index contributed by atoms with van der Waals surface area (Å²) in [4.78, 5) is 11.7. The van der Waals surface area contributed by atoms with Crippen molar-refractivity contribution in [2.75, 3.05) is 4.31 Å². The SMILES string of the molecule is Cc1ccc(S(=O)(=O)N2c3ccccc3C(Cl)=CCC2C=O)cc1. The van der Waals surface area contributed by atoms with Crippen molar-refractivity contribution in [3.8, 4) is 0 Å². The van der Waals surface area contributed by atoms with Gasteiger partial charge in [-0.05, 0) is 31.5 Å². The fraction of sp³-hybridized carbons (Fsp3) is 0.167. The van der Waals surface area contributed by atoms with Crippen LogP contribution in [0.1, 0.15) is 17.5 Å². The Morgan fingerprint density at radius 2 is 1.79 bits per heavy atom. The van der Waals surface area contributed by atoms with Gasteiger partial charge in [-0.1, -0.05) is 53.6 Å². The van der Waals surface area contributed by atoms with E-state index in [4.69, 9.17) is 11.6 Å². The van der Waals surface area contributed by atoms with Crippen LogP contribution in [0.3, 0.4) is 0 Å². The molecule has 0 saturated heterocycles. The normalized spacial score (nSPS) is 17.7. The summed E-state index contributed by atoms with van der Waals surface area (Å²) in [6, 6.07) is 12.7. The van der Waals surface area contributed by atoms with Gasteiger partial charge in [0, 0.05) is 10.6 Å². The van der Waals surface area contributed by atoms with Crippen LogP contribution in [0.4, 0.5) is 5.69 Å². The summed E-state index contributed by atoms with van der Waals surface area (Å²) < 4.78 is 27.6. The van der Waals surface area contributed by atoms with Gasteiger partial charge in [-0.25, -0.2) is 8.42 Å². The predicted molar refractivity (Wildman–Crippen MR) is 95.6 cm³/mol. The first kappa shape index (κ1) is 16.7. The molecule has 1 heterocycles. The first-order valence-electron chi connectivity index (χ1n) is 7.46. The van der Waals surface area contributed by atoms with Crippen molar-refractivity contribution in [2.45, 2.75) is 24.3 Å². The zero-order valence-electron chi connectivity index (χ0n) is 13.0. The predicted octanol–water partition coefficient (Wildman–Crippen LogP) is 3.74. The molecule has 124 valence electrons. The molecule has 0 aromatic heterocycles. The van der Waals surface area contributed by atoms with E-state index in [-0.39, 0.29) is 11.3 Å². The molecule has 1 aliphatic heterocycles. The maximum atomic E-state index is 13.2. The molecule has 1 unspecified atom stereocenters. The van der Waals surface area contributed by atoms with Gasteiger partial charge in [0.2, 0.25) is 0 Å². The van der Waals surface area contributed by atoms with Crippen molar-refractivity contribution in [2.24, 2.45) is 0 Å². The second-order valence-electron chi connectivity index (χ2n) is 5.62. The van der Waals surface area contributed by atoms with Crippen LogP contribution in [0.5, 0.6) is 0 Å². The van der Waals surface area contributed by atoms with Crippen molar-refractivity contribution >= 4 is 38.6 Å². The Morgan fingerprint density at radius 3 is 2.46 bits per heavy atom.